The van der Waals surface area contributed by atoms with Gasteiger partial charge in [0.1, 0.15) is 0 Å². The van der Waals surface area contributed by atoms with E-state index in [1.165, 1.54) is 0 Å². The third kappa shape index (κ3) is 5.01. The van der Waals surface area contributed by atoms with Crippen molar-refractivity contribution in [3.05, 3.63) is 0 Å². The van der Waals surface area contributed by atoms with E-state index in [2.05, 4.69) is 0 Å². The summed E-state index contributed by atoms with van der Waals surface area (Å²) in [6.45, 7) is 3.55. The molecule has 6 nitrogen and oxygen atoms in total. The van der Waals surface area contributed by atoms with Crippen LogP contribution in [0.4, 0.5) is 0 Å². The van der Waals surface area contributed by atoms with Crippen LogP contribution in [0, 0.1) is 0 Å². The maximum Gasteiger partial charge on any atom is 0.317 e. The number of nitrogens with zero attached hydrogens (tertiary/aromatic N) is 2. The van der Waals surface area contributed by atoms with Crippen molar-refractivity contribution >= 4 is 11.9 Å². The van der Waals surface area contributed by atoms with Crippen LogP contribution in [-0.4, -0.2) is 72.7 Å². The van der Waals surface area contributed by atoms with Crippen molar-refractivity contribution < 1.29 is 19.4 Å². The van der Waals surface area contributed by atoms with Crippen molar-refractivity contribution in [1.82, 2.24) is 9.80 Å². The van der Waals surface area contributed by atoms with Gasteiger partial charge in [0, 0.05) is 26.2 Å². The van der Waals surface area contributed by atoms with E-state index in [9.17, 15) is 9.59 Å². The average molecular weight is 258 g/mol. The smallest absolute Gasteiger partial charge is 0.317 e. The Bertz CT molecular complexity index is 292. The molecule has 1 amide bonds. The standard InChI is InChI=1S/C12H22N2O4/c1-3-14(10-4-5-10)11(15)8-13(6-7-18-2)9-12(16)17/h10H,3-9H2,1-2H3,(H,16,17). The van der Waals surface area contributed by atoms with Gasteiger partial charge in [-0.05, 0) is 19.8 Å². The first-order chi connectivity index (χ1) is 8.58. The molecule has 0 unspecified atom stereocenters. The molecule has 0 bridgehead atoms. The van der Waals surface area contributed by atoms with E-state index < -0.39 is 5.97 Å². The summed E-state index contributed by atoms with van der Waals surface area (Å²) in [6, 6.07) is 0.372. The lowest BCUT2D eigenvalue weighted by Crippen LogP contribution is -2.44. The number of rotatable bonds is 9. The maximum absolute atomic E-state index is 12.1. The Morgan fingerprint density at radius 3 is 2.44 bits per heavy atom. The highest BCUT2D eigenvalue weighted by Crippen LogP contribution is 2.26. The van der Waals surface area contributed by atoms with Crippen LogP contribution in [0.1, 0.15) is 19.8 Å². The number of carboxylic acid groups (broad SMARTS) is 1. The molecular formula is C12H22N2O4. The number of carbonyl (C=O) groups is 2. The van der Waals surface area contributed by atoms with Crippen LogP contribution < -0.4 is 0 Å². The molecule has 1 aliphatic carbocycles. The highest BCUT2D eigenvalue weighted by atomic mass is 16.5. The van der Waals surface area contributed by atoms with Crippen LogP contribution in [-0.2, 0) is 14.3 Å². The number of carbonyl (C=O) groups excluding carboxylic acids is 1. The molecule has 1 saturated carbocycles. The summed E-state index contributed by atoms with van der Waals surface area (Å²) >= 11 is 0. The van der Waals surface area contributed by atoms with Gasteiger partial charge in [-0.15, -0.1) is 0 Å². The summed E-state index contributed by atoms with van der Waals surface area (Å²) in [5, 5.41) is 8.81. The highest BCUT2D eigenvalue weighted by Gasteiger charge is 2.31. The molecule has 0 aromatic carbocycles. The molecule has 0 atom stereocenters. The number of hydrogen-bond acceptors (Lipinski definition) is 4. The predicted molar refractivity (Wildman–Crippen MR) is 66.4 cm³/mol. The lowest BCUT2D eigenvalue weighted by atomic mass is 10.3. The summed E-state index contributed by atoms with van der Waals surface area (Å²) in [7, 11) is 1.56. The predicted octanol–water partition coefficient (Wildman–Crippen LogP) is 0.0303. The summed E-state index contributed by atoms with van der Waals surface area (Å²) < 4.78 is 4.92. The molecule has 0 aromatic rings. The molecule has 104 valence electrons. The molecule has 0 saturated heterocycles. The lowest BCUT2D eigenvalue weighted by Gasteiger charge is -2.25. The van der Waals surface area contributed by atoms with Crippen molar-refractivity contribution in [2.24, 2.45) is 0 Å². The first kappa shape index (κ1) is 14.9. The van der Waals surface area contributed by atoms with Crippen LogP contribution in [0.5, 0.6) is 0 Å². The Morgan fingerprint density at radius 1 is 1.33 bits per heavy atom. The van der Waals surface area contributed by atoms with Gasteiger partial charge in [0.15, 0.2) is 0 Å². The zero-order chi connectivity index (χ0) is 13.5. The van der Waals surface area contributed by atoms with Gasteiger partial charge in [0.05, 0.1) is 19.7 Å². The number of methoxy groups -OCH3 is 1. The molecule has 0 spiro atoms. The largest absolute Gasteiger partial charge is 0.480 e. The SMILES string of the molecule is CCN(C(=O)CN(CCOC)CC(=O)O)C1CC1. The molecule has 1 aliphatic rings. The van der Waals surface area contributed by atoms with Crippen LogP contribution in [0.15, 0.2) is 0 Å². The Kier molecular flexibility index (Phi) is 6.07. The summed E-state index contributed by atoms with van der Waals surface area (Å²) in [4.78, 5) is 26.2. The number of carboxylic acids is 1. The van der Waals surface area contributed by atoms with Crippen molar-refractivity contribution in [2.75, 3.05) is 39.9 Å². The second-order valence-electron chi connectivity index (χ2n) is 4.51. The van der Waals surface area contributed by atoms with E-state index in [0.29, 0.717) is 25.7 Å². The summed E-state index contributed by atoms with van der Waals surface area (Å²) in [6.07, 6.45) is 2.13. The molecule has 0 heterocycles. The third-order valence-corrected chi connectivity index (χ3v) is 2.98. The van der Waals surface area contributed by atoms with Crippen molar-refractivity contribution in [1.29, 1.82) is 0 Å². The van der Waals surface area contributed by atoms with E-state index >= 15 is 0 Å². The molecule has 1 N–H and O–H groups in total. The highest BCUT2D eigenvalue weighted by molar-refractivity contribution is 5.79. The van der Waals surface area contributed by atoms with Crippen LogP contribution in [0.2, 0.25) is 0 Å². The second kappa shape index (κ2) is 7.33. The number of hydrogen-bond donors (Lipinski definition) is 1. The number of amides is 1. The molecular weight excluding hydrogens is 236 g/mol. The monoisotopic (exact) mass is 258 g/mol. The zero-order valence-electron chi connectivity index (χ0n) is 11.1. The van der Waals surface area contributed by atoms with Gasteiger partial charge in [-0.1, -0.05) is 0 Å². The second-order valence-corrected chi connectivity index (χ2v) is 4.51. The summed E-state index contributed by atoms with van der Waals surface area (Å²) in [5.41, 5.74) is 0. The van der Waals surface area contributed by atoms with Crippen molar-refractivity contribution in [2.45, 2.75) is 25.8 Å². The van der Waals surface area contributed by atoms with Gasteiger partial charge in [0.25, 0.3) is 0 Å². The van der Waals surface area contributed by atoms with Crippen LogP contribution >= 0.6 is 0 Å². The number of likely N-dealkylation sites (N-methyl/N-ethyl adjacent to an activating group) is 1. The van der Waals surface area contributed by atoms with E-state index in [1.807, 2.05) is 11.8 Å². The topological polar surface area (TPSA) is 70.1 Å². The zero-order valence-corrected chi connectivity index (χ0v) is 11.1. The molecule has 1 rings (SSSR count). The molecule has 0 radical (unpaired) electrons. The Hall–Kier alpha value is -1.14. The Morgan fingerprint density at radius 2 is 2.00 bits per heavy atom. The van der Waals surface area contributed by atoms with Gasteiger partial charge in [-0.3, -0.25) is 14.5 Å². The minimum Gasteiger partial charge on any atom is -0.480 e. The van der Waals surface area contributed by atoms with Crippen molar-refractivity contribution in [3.8, 4) is 0 Å². The van der Waals surface area contributed by atoms with Crippen LogP contribution in [0.3, 0.4) is 0 Å². The summed E-state index contributed by atoms with van der Waals surface area (Å²) in [5.74, 6) is -0.911. The lowest BCUT2D eigenvalue weighted by molar-refractivity contribution is -0.140. The fourth-order valence-electron chi connectivity index (χ4n) is 1.93. The normalized spacial score (nSPS) is 14.8. The maximum atomic E-state index is 12.1. The van der Waals surface area contributed by atoms with E-state index in [1.54, 1.807) is 12.0 Å². The van der Waals surface area contributed by atoms with Crippen LogP contribution in [0.25, 0.3) is 0 Å². The van der Waals surface area contributed by atoms with E-state index in [-0.39, 0.29) is 19.0 Å². The molecule has 0 aliphatic heterocycles. The minimum atomic E-state index is -0.923. The van der Waals surface area contributed by atoms with E-state index in [4.69, 9.17) is 9.84 Å². The fourth-order valence-corrected chi connectivity index (χ4v) is 1.93. The average Bonchev–Trinajstić information content (AvgIpc) is 3.10. The molecule has 0 aromatic heterocycles. The van der Waals surface area contributed by atoms with Gasteiger partial charge in [0.2, 0.25) is 5.91 Å². The molecule has 6 heteroatoms. The molecule has 18 heavy (non-hydrogen) atoms. The van der Waals surface area contributed by atoms with E-state index in [0.717, 1.165) is 12.8 Å². The minimum absolute atomic E-state index is 0.0114. The number of aliphatic carboxylic acids is 1. The third-order valence-electron chi connectivity index (χ3n) is 2.98. The first-order valence-electron chi connectivity index (χ1n) is 6.31. The quantitative estimate of drug-likeness (QED) is 0.632. The Labute approximate surface area is 107 Å². The van der Waals surface area contributed by atoms with Gasteiger partial charge in [-0.25, -0.2) is 0 Å². The van der Waals surface area contributed by atoms with Gasteiger partial charge in [-0.2, -0.15) is 0 Å². The number of ether oxygens (including phenoxy) is 1. The molecule has 1 fully saturated rings. The van der Waals surface area contributed by atoms with Gasteiger partial charge < -0.3 is 14.7 Å². The Balaban J connectivity index is 2.46. The van der Waals surface area contributed by atoms with Gasteiger partial charge >= 0.3 is 5.97 Å². The fraction of sp³-hybridized carbons (Fsp3) is 0.833. The first-order valence-corrected chi connectivity index (χ1v) is 6.31. The van der Waals surface area contributed by atoms with Crippen molar-refractivity contribution in [3.63, 3.8) is 0 Å².